The molecule has 0 aliphatic carbocycles. The molecule has 1 saturated heterocycles. The van der Waals surface area contributed by atoms with E-state index in [0.29, 0.717) is 0 Å². The van der Waals surface area contributed by atoms with E-state index in [2.05, 4.69) is 28.7 Å². The predicted molar refractivity (Wildman–Crippen MR) is 85.5 cm³/mol. The van der Waals surface area contributed by atoms with Crippen molar-refractivity contribution in [3.8, 4) is 0 Å². The van der Waals surface area contributed by atoms with Gasteiger partial charge in [-0.15, -0.1) is 11.3 Å². The Labute approximate surface area is 124 Å². The van der Waals surface area contributed by atoms with Crippen LogP contribution in [-0.4, -0.2) is 29.6 Å². The highest BCUT2D eigenvalue weighted by atomic mass is 32.1. The standard InChI is InChI=1S/C15H22N4S/c1-10-11(2)20-15-13(10)14(17-9-18-15)19-7-4-12(3-6-16)5-8-19/h9,12H,3-8,16H2,1-2H3. The molecule has 2 N–H and O–H groups in total. The highest BCUT2D eigenvalue weighted by molar-refractivity contribution is 7.18. The van der Waals surface area contributed by atoms with Crippen LogP contribution in [-0.2, 0) is 0 Å². The molecule has 0 aromatic carbocycles. The number of thiophene rings is 1. The number of anilines is 1. The lowest BCUT2D eigenvalue weighted by Crippen LogP contribution is -2.35. The van der Waals surface area contributed by atoms with E-state index in [0.717, 1.165) is 42.6 Å². The zero-order valence-corrected chi connectivity index (χ0v) is 13.0. The molecule has 3 heterocycles. The zero-order valence-electron chi connectivity index (χ0n) is 12.2. The van der Waals surface area contributed by atoms with Crippen molar-refractivity contribution >= 4 is 27.4 Å². The molecule has 0 unspecified atom stereocenters. The Kier molecular flexibility index (Phi) is 3.89. The Hall–Kier alpha value is -1.20. The lowest BCUT2D eigenvalue weighted by Gasteiger charge is -2.33. The fourth-order valence-electron chi connectivity index (χ4n) is 3.07. The van der Waals surface area contributed by atoms with Gasteiger partial charge in [-0.25, -0.2) is 9.97 Å². The molecule has 0 atom stereocenters. The van der Waals surface area contributed by atoms with Gasteiger partial charge in [0.05, 0.1) is 5.39 Å². The van der Waals surface area contributed by atoms with Crippen LogP contribution >= 0.6 is 11.3 Å². The Morgan fingerprint density at radius 1 is 1.30 bits per heavy atom. The monoisotopic (exact) mass is 290 g/mol. The minimum absolute atomic E-state index is 0.791. The molecule has 2 aromatic rings. The molecule has 1 aliphatic rings. The second-order valence-electron chi connectivity index (χ2n) is 5.67. The quantitative estimate of drug-likeness (QED) is 0.944. The third-order valence-electron chi connectivity index (χ3n) is 4.43. The van der Waals surface area contributed by atoms with Crippen LogP contribution in [0.5, 0.6) is 0 Å². The van der Waals surface area contributed by atoms with Gasteiger partial charge < -0.3 is 10.6 Å². The van der Waals surface area contributed by atoms with Crippen LogP contribution in [0.1, 0.15) is 29.7 Å². The van der Waals surface area contributed by atoms with Gasteiger partial charge in [-0.2, -0.15) is 0 Å². The van der Waals surface area contributed by atoms with Gasteiger partial charge in [-0.3, -0.25) is 0 Å². The summed E-state index contributed by atoms with van der Waals surface area (Å²) in [7, 11) is 0. The van der Waals surface area contributed by atoms with E-state index in [-0.39, 0.29) is 0 Å². The minimum atomic E-state index is 0.791. The third-order valence-corrected chi connectivity index (χ3v) is 5.55. The van der Waals surface area contributed by atoms with Gasteiger partial charge in [0.1, 0.15) is 17.0 Å². The summed E-state index contributed by atoms with van der Waals surface area (Å²) in [6.45, 7) is 7.34. The minimum Gasteiger partial charge on any atom is -0.356 e. The molecule has 0 spiro atoms. The number of piperidine rings is 1. The molecule has 1 aliphatic heterocycles. The smallest absolute Gasteiger partial charge is 0.141 e. The normalized spacial score (nSPS) is 17.1. The molecule has 0 radical (unpaired) electrons. The molecule has 5 heteroatoms. The van der Waals surface area contributed by atoms with Gasteiger partial charge in [0.2, 0.25) is 0 Å². The number of nitrogens with zero attached hydrogens (tertiary/aromatic N) is 3. The fraction of sp³-hybridized carbons (Fsp3) is 0.600. The molecule has 1 fully saturated rings. The van der Waals surface area contributed by atoms with Crippen molar-refractivity contribution in [2.75, 3.05) is 24.5 Å². The van der Waals surface area contributed by atoms with Gasteiger partial charge >= 0.3 is 0 Å². The SMILES string of the molecule is Cc1sc2ncnc(N3CCC(CCN)CC3)c2c1C. The van der Waals surface area contributed by atoms with E-state index in [4.69, 9.17) is 5.73 Å². The molecular weight excluding hydrogens is 268 g/mol. The first-order chi connectivity index (χ1) is 9.70. The topological polar surface area (TPSA) is 55.0 Å². The van der Waals surface area contributed by atoms with Crippen molar-refractivity contribution in [1.29, 1.82) is 0 Å². The summed E-state index contributed by atoms with van der Waals surface area (Å²) < 4.78 is 0. The number of fused-ring (bicyclic) bond motifs is 1. The van der Waals surface area contributed by atoms with Crippen molar-refractivity contribution in [3.05, 3.63) is 16.8 Å². The molecule has 0 saturated carbocycles. The summed E-state index contributed by atoms with van der Waals surface area (Å²) in [5, 5.41) is 1.26. The van der Waals surface area contributed by atoms with E-state index in [1.165, 1.54) is 28.7 Å². The van der Waals surface area contributed by atoms with Crippen molar-refractivity contribution in [3.63, 3.8) is 0 Å². The summed E-state index contributed by atoms with van der Waals surface area (Å²) in [5.41, 5.74) is 7.01. The predicted octanol–water partition coefficient (Wildman–Crippen LogP) is 2.87. The first-order valence-electron chi connectivity index (χ1n) is 7.36. The van der Waals surface area contributed by atoms with Crippen LogP contribution in [0.25, 0.3) is 10.2 Å². The summed E-state index contributed by atoms with van der Waals surface area (Å²) in [6.07, 6.45) is 5.32. The Bertz CT molecular complexity index is 599. The Morgan fingerprint density at radius 2 is 2.05 bits per heavy atom. The van der Waals surface area contributed by atoms with Crippen LogP contribution < -0.4 is 10.6 Å². The third kappa shape index (κ3) is 2.40. The second kappa shape index (κ2) is 5.66. The maximum absolute atomic E-state index is 5.67. The van der Waals surface area contributed by atoms with E-state index >= 15 is 0 Å². The van der Waals surface area contributed by atoms with Crippen molar-refractivity contribution in [1.82, 2.24) is 9.97 Å². The number of aromatic nitrogens is 2. The average molecular weight is 290 g/mol. The number of nitrogens with two attached hydrogens (primary N) is 1. The van der Waals surface area contributed by atoms with Crippen LogP contribution in [0, 0.1) is 19.8 Å². The van der Waals surface area contributed by atoms with Crippen molar-refractivity contribution in [2.24, 2.45) is 11.7 Å². The number of aryl methyl sites for hydroxylation is 2. The average Bonchev–Trinajstić information content (AvgIpc) is 2.76. The fourth-order valence-corrected chi connectivity index (χ4v) is 4.06. The van der Waals surface area contributed by atoms with Gasteiger partial charge in [-0.1, -0.05) is 0 Å². The van der Waals surface area contributed by atoms with E-state index in [9.17, 15) is 0 Å². The maximum Gasteiger partial charge on any atom is 0.141 e. The lowest BCUT2D eigenvalue weighted by atomic mass is 9.93. The molecular formula is C15H22N4S. The van der Waals surface area contributed by atoms with E-state index in [1.54, 1.807) is 17.7 Å². The molecule has 3 rings (SSSR count). The summed E-state index contributed by atoms with van der Waals surface area (Å²) in [4.78, 5) is 13.9. The van der Waals surface area contributed by atoms with Gasteiger partial charge in [0.15, 0.2) is 0 Å². The van der Waals surface area contributed by atoms with Gasteiger partial charge in [0, 0.05) is 18.0 Å². The Morgan fingerprint density at radius 3 is 2.75 bits per heavy atom. The summed E-state index contributed by atoms with van der Waals surface area (Å²) in [5.74, 6) is 1.92. The molecule has 2 aromatic heterocycles. The number of rotatable bonds is 3. The van der Waals surface area contributed by atoms with Crippen LogP contribution in [0.2, 0.25) is 0 Å². The van der Waals surface area contributed by atoms with Crippen LogP contribution in [0.3, 0.4) is 0 Å². The molecule has 20 heavy (non-hydrogen) atoms. The van der Waals surface area contributed by atoms with Crippen LogP contribution in [0.4, 0.5) is 5.82 Å². The number of hydrogen-bond donors (Lipinski definition) is 1. The van der Waals surface area contributed by atoms with Gasteiger partial charge in [0.25, 0.3) is 0 Å². The van der Waals surface area contributed by atoms with Crippen molar-refractivity contribution < 1.29 is 0 Å². The second-order valence-corrected chi connectivity index (χ2v) is 6.87. The summed E-state index contributed by atoms with van der Waals surface area (Å²) in [6, 6.07) is 0. The first kappa shape index (κ1) is 13.8. The maximum atomic E-state index is 5.67. The van der Waals surface area contributed by atoms with Crippen LogP contribution in [0.15, 0.2) is 6.33 Å². The highest BCUT2D eigenvalue weighted by Crippen LogP contribution is 2.35. The lowest BCUT2D eigenvalue weighted by molar-refractivity contribution is 0.385. The largest absolute Gasteiger partial charge is 0.356 e. The van der Waals surface area contributed by atoms with Crippen molar-refractivity contribution in [2.45, 2.75) is 33.1 Å². The molecule has 108 valence electrons. The molecule has 4 nitrogen and oxygen atoms in total. The highest BCUT2D eigenvalue weighted by Gasteiger charge is 2.22. The first-order valence-corrected chi connectivity index (χ1v) is 8.18. The molecule has 0 amide bonds. The summed E-state index contributed by atoms with van der Waals surface area (Å²) >= 11 is 1.77. The Balaban J connectivity index is 1.88. The zero-order chi connectivity index (χ0) is 14.1. The van der Waals surface area contributed by atoms with Gasteiger partial charge in [-0.05, 0) is 51.1 Å². The number of hydrogen-bond acceptors (Lipinski definition) is 5. The molecule has 0 bridgehead atoms. The van der Waals surface area contributed by atoms with E-state index in [1.807, 2.05) is 0 Å². The van der Waals surface area contributed by atoms with E-state index < -0.39 is 0 Å².